The second-order valence-electron chi connectivity index (χ2n) is 8.58. The van der Waals surface area contributed by atoms with Crippen LogP contribution in [-0.4, -0.2) is 15.8 Å². The summed E-state index contributed by atoms with van der Waals surface area (Å²) in [5.74, 6) is -0.362. The van der Waals surface area contributed by atoms with Crippen molar-refractivity contribution in [3.63, 3.8) is 0 Å². The molecular formula is C26H23N3O4. The van der Waals surface area contributed by atoms with Crippen LogP contribution >= 0.6 is 0 Å². The Bertz CT molecular complexity index is 1300. The number of carbonyl (C=O) groups excluding carboxylic acids is 1. The first kappa shape index (κ1) is 20.8. The minimum absolute atomic E-state index is 0.00430. The number of ketones is 1. The van der Waals surface area contributed by atoms with Gasteiger partial charge in [-0.2, -0.15) is 0 Å². The third-order valence-electron chi connectivity index (χ3n) is 6.39. The fourth-order valence-corrected chi connectivity index (χ4v) is 4.68. The van der Waals surface area contributed by atoms with Crippen molar-refractivity contribution in [3.8, 4) is 5.75 Å². The number of nitro groups is 1. The molecule has 2 aliphatic rings. The number of hydrogen-bond acceptors (Lipinski definition) is 6. The molecule has 33 heavy (non-hydrogen) atoms. The summed E-state index contributed by atoms with van der Waals surface area (Å²) in [6, 6.07) is 19.6. The first-order valence-corrected chi connectivity index (χ1v) is 10.8. The van der Waals surface area contributed by atoms with Crippen molar-refractivity contribution < 1.29 is 14.8 Å². The Balaban J connectivity index is 1.62. The number of phenolic OH excluding ortho intramolecular Hbond substituents is 1. The highest BCUT2D eigenvalue weighted by atomic mass is 16.6. The summed E-state index contributed by atoms with van der Waals surface area (Å²) in [5, 5.41) is 28.2. The summed E-state index contributed by atoms with van der Waals surface area (Å²) < 4.78 is 0. The van der Waals surface area contributed by atoms with Crippen molar-refractivity contribution in [2.75, 3.05) is 10.6 Å². The molecule has 0 bridgehead atoms. The van der Waals surface area contributed by atoms with E-state index in [1.54, 1.807) is 6.07 Å². The fraction of sp³-hybridized carbons (Fsp3) is 0.192. The molecule has 3 aromatic carbocycles. The molecule has 7 heteroatoms. The minimum Gasteiger partial charge on any atom is -0.502 e. The third kappa shape index (κ3) is 3.82. The number of nitro benzene ring substituents is 1. The SMILES string of the molecule is Cc1ccc(C2CC(=O)C3=C(C2)Nc2ccccc2NC3c2ccc(O)c([N+](=O)[O-])c2)cc1. The number of para-hydroxylation sites is 2. The van der Waals surface area contributed by atoms with E-state index in [1.165, 1.54) is 17.7 Å². The van der Waals surface area contributed by atoms with Gasteiger partial charge in [0.15, 0.2) is 11.5 Å². The Hall–Kier alpha value is -4.13. The molecule has 7 nitrogen and oxygen atoms in total. The van der Waals surface area contributed by atoms with Gasteiger partial charge in [-0.05, 0) is 48.6 Å². The second kappa shape index (κ2) is 8.09. The van der Waals surface area contributed by atoms with Crippen LogP contribution < -0.4 is 10.6 Å². The lowest BCUT2D eigenvalue weighted by atomic mass is 9.78. The normalized spacial score (nSPS) is 19.6. The minimum atomic E-state index is -0.618. The number of nitrogens with one attached hydrogen (secondary N) is 2. The van der Waals surface area contributed by atoms with Gasteiger partial charge in [0, 0.05) is 23.8 Å². The Morgan fingerprint density at radius 1 is 0.970 bits per heavy atom. The monoisotopic (exact) mass is 441 g/mol. The quantitative estimate of drug-likeness (QED) is 0.362. The van der Waals surface area contributed by atoms with Crippen LogP contribution in [0.3, 0.4) is 0 Å². The molecule has 5 rings (SSSR count). The Labute approximate surface area is 190 Å². The fourth-order valence-electron chi connectivity index (χ4n) is 4.68. The van der Waals surface area contributed by atoms with Gasteiger partial charge in [0.25, 0.3) is 0 Å². The number of aromatic hydroxyl groups is 1. The lowest BCUT2D eigenvalue weighted by Gasteiger charge is -2.30. The summed E-state index contributed by atoms with van der Waals surface area (Å²) in [7, 11) is 0. The molecule has 3 aromatic rings. The van der Waals surface area contributed by atoms with E-state index in [1.807, 2.05) is 31.2 Å². The summed E-state index contributed by atoms with van der Waals surface area (Å²) in [6.07, 6.45) is 1.01. The largest absolute Gasteiger partial charge is 0.502 e. The van der Waals surface area contributed by atoms with Crippen LogP contribution in [0.4, 0.5) is 17.1 Å². The number of hydrogen-bond donors (Lipinski definition) is 3. The number of nitrogens with zero attached hydrogens (tertiary/aromatic N) is 1. The molecule has 1 heterocycles. The lowest BCUT2D eigenvalue weighted by Crippen LogP contribution is -2.26. The smallest absolute Gasteiger partial charge is 0.311 e. The molecule has 0 saturated heterocycles. The van der Waals surface area contributed by atoms with Crippen LogP contribution in [0.1, 0.15) is 41.5 Å². The van der Waals surface area contributed by atoms with Gasteiger partial charge in [0.2, 0.25) is 0 Å². The van der Waals surface area contributed by atoms with E-state index < -0.39 is 16.7 Å². The molecule has 0 radical (unpaired) electrons. The molecule has 2 atom stereocenters. The predicted molar refractivity (Wildman–Crippen MR) is 126 cm³/mol. The maximum Gasteiger partial charge on any atom is 0.311 e. The van der Waals surface area contributed by atoms with Crippen LogP contribution in [-0.2, 0) is 4.79 Å². The number of allylic oxidation sites excluding steroid dienone is 1. The van der Waals surface area contributed by atoms with Crippen molar-refractivity contribution in [1.82, 2.24) is 0 Å². The first-order valence-electron chi connectivity index (χ1n) is 10.8. The van der Waals surface area contributed by atoms with Gasteiger partial charge in [0.05, 0.1) is 22.3 Å². The van der Waals surface area contributed by atoms with Gasteiger partial charge in [0.1, 0.15) is 0 Å². The van der Waals surface area contributed by atoms with Crippen LogP contribution in [0.2, 0.25) is 0 Å². The number of anilines is 2. The van der Waals surface area contributed by atoms with Crippen molar-refractivity contribution in [1.29, 1.82) is 0 Å². The number of Topliss-reactive ketones (excluding diaryl/α,β-unsaturated/α-hetero) is 1. The number of carbonyl (C=O) groups is 1. The number of benzene rings is 3. The summed E-state index contributed by atoms with van der Waals surface area (Å²) in [4.78, 5) is 24.3. The second-order valence-corrected chi connectivity index (χ2v) is 8.58. The van der Waals surface area contributed by atoms with Crippen LogP contribution in [0.15, 0.2) is 78.0 Å². The zero-order valence-corrected chi connectivity index (χ0v) is 18.0. The van der Waals surface area contributed by atoms with E-state index in [9.17, 15) is 20.0 Å². The number of rotatable bonds is 3. The Morgan fingerprint density at radius 2 is 1.67 bits per heavy atom. The van der Waals surface area contributed by atoms with Crippen molar-refractivity contribution in [2.24, 2.45) is 0 Å². The molecule has 1 aliphatic carbocycles. The van der Waals surface area contributed by atoms with Crippen LogP contribution in [0.5, 0.6) is 5.75 Å². The molecule has 0 aromatic heterocycles. The first-order chi connectivity index (χ1) is 15.9. The third-order valence-corrected chi connectivity index (χ3v) is 6.39. The molecule has 0 saturated carbocycles. The van der Waals surface area contributed by atoms with Crippen molar-refractivity contribution in [3.05, 3.63) is 105 Å². The van der Waals surface area contributed by atoms with E-state index in [2.05, 4.69) is 34.9 Å². The van der Waals surface area contributed by atoms with E-state index in [0.29, 0.717) is 24.0 Å². The Kier molecular flexibility index (Phi) is 5.09. The summed E-state index contributed by atoms with van der Waals surface area (Å²) >= 11 is 0. The summed E-state index contributed by atoms with van der Waals surface area (Å²) in [5.41, 5.74) is 5.48. The molecule has 0 amide bonds. The van der Waals surface area contributed by atoms with Gasteiger partial charge < -0.3 is 15.7 Å². The van der Waals surface area contributed by atoms with Gasteiger partial charge in [-0.25, -0.2) is 0 Å². The molecule has 0 spiro atoms. The molecule has 166 valence electrons. The van der Waals surface area contributed by atoms with E-state index in [4.69, 9.17) is 0 Å². The van der Waals surface area contributed by atoms with Gasteiger partial charge in [-0.15, -0.1) is 0 Å². The maximum absolute atomic E-state index is 13.5. The zero-order valence-electron chi connectivity index (χ0n) is 18.0. The van der Waals surface area contributed by atoms with E-state index in [0.717, 1.165) is 22.6 Å². The van der Waals surface area contributed by atoms with Gasteiger partial charge in [-0.1, -0.05) is 48.0 Å². The van der Waals surface area contributed by atoms with Crippen molar-refractivity contribution >= 4 is 22.8 Å². The predicted octanol–water partition coefficient (Wildman–Crippen LogP) is 5.59. The number of phenols is 1. The molecule has 1 aliphatic heterocycles. The highest BCUT2D eigenvalue weighted by molar-refractivity contribution is 6.01. The van der Waals surface area contributed by atoms with E-state index in [-0.39, 0.29) is 17.4 Å². The maximum atomic E-state index is 13.5. The van der Waals surface area contributed by atoms with Gasteiger partial charge in [-0.3, -0.25) is 14.9 Å². The van der Waals surface area contributed by atoms with Gasteiger partial charge >= 0.3 is 5.69 Å². The Morgan fingerprint density at radius 3 is 2.39 bits per heavy atom. The average Bonchev–Trinajstić information content (AvgIpc) is 2.96. The average molecular weight is 441 g/mol. The van der Waals surface area contributed by atoms with E-state index >= 15 is 0 Å². The highest BCUT2D eigenvalue weighted by Gasteiger charge is 2.36. The zero-order chi connectivity index (χ0) is 23.1. The highest BCUT2D eigenvalue weighted by Crippen LogP contribution is 2.45. The van der Waals surface area contributed by atoms with Crippen molar-refractivity contribution in [2.45, 2.75) is 31.7 Å². The topological polar surface area (TPSA) is 104 Å². The van der Waals surface area contributed by atoms with Crippen LogP contribution in [0, 0.1) is 17.0 Å². The molecule has 2 unspecified atom stereocenters. The number of aryl methyl sites for hydroxylation is 1. The van der Waals surface area contributed by atoms with Crippen LogP contribution in [0.25, 0.3) is 0 Å². The molecular weight excluding hydrogens is 418 g/mol. The molecule has 0 fully saturated rings. The lowest BCUT2D eigenvalue weighted by molar-refractivity contribution is -0.385. The number of fused-ring (bicyclic) bond motifs is 1. The summed E-state index contributed by atoms with van der Waals surface area (Å²) in [6.45, 7) is 2.04. The standard InChI is InChI=1S/C26H23N3O4/c1-15-6-8-16(9-7-15)18-12-21-25(24(31)14-18)26(28-20-5-3-2-4-19(20)27-21)17-10-11-23(30)22(13-17)29(32)33/h2-11,13,18,26-28,30H,12,14H2,1H3. The molecule has 3 N–H and O–H groups in total.